The van der Waals surface area contributed by atoms with Crippen molar-refractivity contribution in [2.24, 2.45) is 0 Å². The third-order valence-electron chi connectivity index (χ3n) is 3.69. The van der Waals surface area contributed by atoms with E-state index in [-0.39, 0.29) is 12.0 Å². The smallest absolute Gasteiger partial charge is 0.255 e. The van der Waals surface area contributed by atoms with Crippen molar-refractivity contribution in [3.8, 4) is 0 Å². The summed E-state index contributed by atoms with van der Waals surface area (Å²) in [6, 6.07) is 11.3. The Morgan fingerprint density at radius 3 is 3.05 bits per heavy atom. The van der Waals surface area contributed by atoms with Gasteiger partial charge in [-0.1, -0.05) is 23.7 Å². The minimum Gasteiger partial charge on any atom is -0.374 e. The number of benzene rings is 1. The highest BCUT2D eigenvalue weighted by Gasteiger charge is 2.25. The molecule has 1 amide bonds. The predicted molar refractivity (Wildman–Crippen MR) is 85.0 cm³/mol. The molecule has 0 unspecified atom stereocenters. The van der Waals surface area contributed by atoms with Crippen molar-refractivity contribution in [1.82, 2.24) is 9.88 Å². The molecule has 1 atom stereocenters. The lowest BCUT2D eigenvalue weighted by Crippen LogP contribution is -2.46. The van der Waals surface area contributed by atoms with Crippen LogP contribution in [0, 0.1) is 0 Å². The Balaban J connectivity index is 1.65. The largest absolute Gasteiger partial charge is 0.374 e. The molecule has 4 nitrogen and oxygen atoms in total. The van der Waals surface area contributed by atoms with E-state index in [0.29, 0.717) is 25.3 Å². The van der Waals surface area contributed by atoms with Gasteiger partial charge in [0.25, 0.3) is 5.91 Å². The second-order valence-electron chi connectivity index (χ2n) is 5.32. The van der Waals surface area contributed by atoms with Gasteiger partial charge in [0.05, 0.1) is 18.3 Å². The molecule has 1 fully saturated rings. The van der Waals surface area contributed by atoms with E-state index in [1.54, 1.807) is 24.5 Å². The maximum Gasteiger partial charge on any atom is 0.255 e. The summed E-state index contributed by atoms with van der Waals surface area (Å²) in [6.45, 7) is 1.75. The molecule has 1 saturated heterocycles. The van der Waals surface area contributed by atoms with Gasteiger partial charge in [-0.05, 0) is 29.8 Å². The lowest BCUT2D eigenvalue weighted by atomic mass is 10.1. The van der Waals surface area contributed by atoms with Gasteiger partial charge in [-0.3, -0.25) is 9.78 Å². The highest BCUT2D eigenvalue weighted by atomic mass is 35.5. The fraction of sp³-hybridized carbons (Fsp3) is 0.294. The van der Waals surface area contributed by atoms with E-state index in [0.717, 1.165) is 17.0 Å². The van der Waals surface area contributed by atoms with Crippen LogP contribution in [0.1, 0.15) is 15.9 Å². The Kier molecular flexibility index (Phi) is 4.71. The molecular formula is C17H17ClN2O2. The number of rotatable bonds is 3. The van der Waals surface area contributed by atoms with E-state index >= 15 is 0 Å². The number of carbonyl (C=O) groups is 1. The molecule has 0 N–H and O–H groups in total. The lowest BCUT2D eigenvalue weighted by Gasteiger charge is -2.33. The molecule has 1 aliphatic heterocycles. The van der Waals surface area contributed by atoms with E-state index in [9.17, 15) is 4.79 Å². The van der Waals surface area contributed by atoms with Crippen LogP contribution in [-0.2, 0) is 11.2 Å². The van der Waals surface area contributed by atoms with Crippen LogP contribution >= 0.6 is 11.6 Å². The second kappa shape index (κ2) is 6.90. The topological polar surface area (TPSA) is 42.4 Å². The zero-order valence-corrected chi connectivity index (χ0v) is 12.9. The van der Waals surface area contributed by atoms with Gasteiger partial charge in [-0.2, -0.15) is 0 Å². The number of halogens is 1. The highest BCUT2D eigenvalue weighted by Crippen LogP contribution is 2.17. The average molecular weight is 317 g/mol. The number of morpholine rings is 1. The fourth-order valence-electron chi connectivity index (χ4n) is 2.63. The molecule has 114 valence electrons. The number of carbonyl (C=O) groups excluding carboxylic acids is 1. The van der Waals surface area contributed by atoms with Crippen LogP contribution in [0.25, 0.3) is 0 Å². The average Bonchev–Trinajstić information content (AvgIpc) is 2.55. The van der Waals surface area contributed by atoms with Crippen molar-refractivity contribution < 1.29 is 9.53 Å². The number of hydrogen-bond acceptors (Lipinski definition) is 3. The Labute approximate surface area is 134 Å². The van der Waals surface area contributed by atoms with Crippen LogP contribution in [0.15, 0.2) is 48.8 Å². The van der Waals surface area contributed by atoms with Crippen LogP contribution in [-0.4, -0.2) is 41.6 Å². The Bertz CT molecular complexity index is 648. The monoisotopic (exact) mass is 316 g/mol. The SMILES string of the molecule is O=C(c1cccnc1)N1CCO[C@H](Cc2cccc(Cl)c2)C1. The number of amides is 1. The zero-order chi connectivity index (χ0) is 15.4. The highest BCUT2D eigenvalue weighted by molar-refractivity contribution is 6.30. The Morgan fingerprint density at radius 2 is 2.27 bits per heavy atom. The Morgan fingerprint density at radius 1 is 1.36 bits per heavy atom. The summed E-state index contributed by atoms with van der Waals surface area (Å²) in [7, 11) is 0. The molecule has 0 radical (unpaired) electrons. The first-order chi connectivity index (χ1) is 10.7. The minimum atomic E-state index is -0.00663. The summed E-state index contributed by atoms with van der Waals surface area (Å²) in [5, 5.41) is 0.719. The molecule has 3 rings (SSSR count). The van der Waals surface area contributed by atoms with Crippen molar-refractivity contribution in [3.05, 3.63) is 64.9 Å². The predicted octanol–water partition coefficient (Wildman–Crippen LogP) is 2.82. The van der Waals surface area contributed by atoms with E-state index < -0.39 is 0 Å². The second-order valence-corrected chi connectivity index (χ2v) is 5.76. The standard InChI is InChI=1S/C17H17ClN2O2/c18-15-5-1-3-13(9-15)10-16-12-20(7-8-22-16)17(21)14-4-2-6-19-11-14/h1-6,9,11,16H,7-8,10,12H2/t16-/m1/s1. The zero-order valence-electron chi connectivity index (χ0n) is 12.1. The first kappa shape index (κ1) is 15.0. The van der Waals surface area contributed by atoms with Gasteiger partial charge in [0.2, 0.25) is 0 Å². The molecule has 22 heavy (non-hydrogen) atoms. The molecule has 2 aromatic rings. The summed E-state index contributed by atoms with van der Waals surface area (Å²) in [5.41, 5.74) is 1.74. The molecule has 0 bridgehead atoms. The van der Waals surface area contributed by atoms with Crippen molar-refractivity contribution in [3.63, 3.8) is 0 Å². The van der Waals surface area contributed by atoms with Crippen LogP contribution < -0.4 is 0 Å². The van der Waals surface area contributed by atoms with Crippen LogP contribution in [0.5, 0.6) is 0 Å². The quantitative estimate of drug-likeness (QED) is 0.874. The summed E-state index contributed by atoms with van der Waals surface area (Å²) < 4.78 is 5.79. The van der Waals surface area contributed by atoms with Crippen molar-refractivity contribution in [2.45, 2.75) is 12.5 Å². The molecule has 0 saturated carbocycles. The molecular weight excluding hydrogens is 300 g/mol. The van der Waals surface area contributed by atoms with Crippen LogP contribution in [0.4, 0.5) is 0 Å². The summed E-state index contributed by atoms with van der Waals surface area (Å²) in [4.78, 5) is 18.3. The molecule has 0 aliphatic carbocycles. The molecule has 2 heterocycles. The van der Waals surface area contributed by atoms with E-state index in [2.05, 4.69) is 4.98 Å². The first-order valence-electron chi connectivity index (χ1n) is 7.28. The molecule has 1 aromatic heterocycles. The molecule has 0 spiro atoms. The maximum atomic E-state index is 12.5. The van der Waals surface area contributed by atoms with E-state index in [1.165, 1.54) is 0 Å². The van der Waals surface area contributed by atoms with Gasteiger partial charge in [0.15, 0.2) is 0 Å². The number of hydrogen-bond donors (Lipinski definition) is 0. The number of ether oxygens (including phenoxy) is 1. The third-order valence-corrected chi connectivity index (χ3v) is 3.92. The van der Waals surface area contributed by atoms with Crippen molar-refractivity contribution in [2.75, 3.05) is 19.7 Å². The normalized spacial score (nSPS) is 18.2. The lowest BCUT2D eigenvalue weighted by molar-refractivity contribution is -0.0208. The Hall–Kier alpha value is -1.91. The molecule has 1 aliphatic rings. The van der Waals surface area contributed by atoms with Gasteiger partial charge in [0, 0.05) is 36.9 Å². The van der Waals surface area contributed by atoms with Gasteiger partial charge in [-0.25, -0.2) is 0 Å². The van der Waals surface area contributed by atoms with Crippen molar-refractivity contribution in [1.29, 1.82) is 0 Å². The fourth-order valence-corrected chi connectivity index (χ4v) is 2.84. The first-order valence-corrected chi connectivity index (χ1v) is 7.65. The van der Waals surface area contributed by atoms with E-state index in [4.69, 9.17) is 16.3 Å². The number of pyridine rings is 1. The summed E-state index contributed by atoms with van der Waals surface area (Å²) in [6.07, 6.45) is 4.01. The van der Waals surface area contributed by atoms with Crippen molar-refractivity contribution >= 4 is 17.5 Å². The third kappa shape index (κ3) is 3.64. The van der Waals surface area contributed by atoms with Gasteiger partial charge < -0.3 is 9.64 Å². The summed E-state index contributed by atoms with van der Waals surface area (Å²) in [5.74, 6) is 0.00694. The van der Waals surface area contributed by atoms with Gasteiger partial charge in [0.1, 0.15) is 0 Å². The van der Waals surface area contributed by atoms with E-state index in [1.807, 2.05) is 29.2 Å². The van der Waals surface area contributed by atoms with Crippen LogP contribution in [0.2, 0.25) is 5.02 Å². The van der Waals surface area contributed by atoms with Crippen LogP contribution in [0.3, 0.4) is 0 Å². The van der Waals surface area contributed by atoms with Gasteiger partial charge in [-0.15, -0.1) is 0 Å². The maximum absolute atomic E-state index is 12.5. The van der Waals surface area contributed by atoms with Gasteiger partial charge >= 0.3 is 0 Å². The summed E-state index contributed by atoms with van der Waals surface area (Å²) >= 11 is 6.01. The minimum absolute atomic E-state index is 0.00663. The molecule has 5 heteroatoms. The number of nitrogens with zero attached hydrogens (tertiary/aromatic N) is 2. The molecule has 1 aromatic carbocycles. The number of aromatic nitrogens is 1.